The highest BCUT2D eigenvalue weighted by molar-refractivity contribution is 5.91. The molecule has 1 aromatic heterocycles. The molecule has 2 aromatic rings. The van der Waals surface area contributed by atoms with E-state index in [1.165, 1.54) is 37.5 Å². The van der Waals surface area contributed by atoms with Gasteiger partial charge in [0.15, 0.2) is 0 Å². The fourth-order valence-corrected chi connectivity index (χ4v) is 5.67. The Bertz CT molecular complexity index is 1170. The monoisotopic (exact) mass is 483 g/mol. The van der Waals surface area contributed by atoms with E-state index in [9.17, 15) is 14.3 Å². The Morgan fingerprint density at radius 3 is 2.69 bits per heavy atom. The molecular formula is C26H31F2N5O2. The van der Waals surface area contributed by atoms with Gasteiger partial charge in [0.1, 0.15) is 23.6 Å². The maximum atomic E-state index is 15.8. The summed E-state index contributed by atoms with van der Waals surface area (Å²) < 4.78 is 30.4. The zero-order valence-corrected chi connectivity index (χ0v) is 20.2. The fourth-order valence-electron chi connectivity index (χ4n) is 5.67. The van der Waals surface area contributed by atoms with E-state index in [1.807, 2.05) is 6.92 Å². The topological polar surface area (TPSA) is 90.4 Å². The summed E-state index contributed by atoms with van der Waals surface area (Å²) in [7, 11) is 1.47. The van der Waals surface area contributed by atoms with Crippen LogP contribution in [0.4, 0.5) is 14.6 Å². The van der Waals surface area contributed by atoms with Gasteiger partial charge in [-0.1, -0.05) is 0 Å². The first kappa shape index (κ1) is 23.7. The molecule has 186 valence electrons. The zero-order chi connectivity index (χ0) is 25.0. The SMILES string of the molecule is CNC(=O)/C=C/c1cc(O)c(-c2cnc(N(C3CC3)[C@H]3C[C@]4(C)CC[C@@](C)(N4)[C@H]3F)cn2)cc1F. The number of likely N-dealkylation sites (N-methyl/N-ethyl adjacent to an activating group) is 1. The number of amides is 1. The first-order chi connectivity index (χ1) is 16.6. The normalized spacial score (nSPS) is 30.0. The lowest BCUT2D eigenvalue weighted by Gasteiger charge is -2.48. The Hall–Kier alpha value is -3.07. The van der Waals surface area contributed by atoms with Gasteiger partial charge in [-0.25, -0.2) is 13.8 Å². The van der Waals surface area contributed by atoms with Gasteiger partial charge < -0.3 is 20.6 Å². The van der Waals surface area contributed by atoms with Gasteiger partial charge in [-0.2, -0.15) is 0 Å². The van der Waals surface area contributed by atoms with Crippen molar-refractivity contribution in [2.45, 2.75) is 75.3 Å². The minimum Gasteiger partial charge on any atom is -0.507 e. The molecule has 0 spiro atoms. The van der Waals surface area contributed by atoms with Gasteiger partial charge in [0, 0.05) is 41.4 Å². The van der Waals surface area contributed by atoms with Gasteiger partial charge in [-0.15, -0.1) is 0 Å². The number of anilines is 1. The van der Waals surface area contributed by atoms with Crippen LogP contribution >= 0.6 is 0 Å². The molecule has 4 atom stereocenters. The number of halogens is 2. The van der Waals surface area contributed by atoms with Gasteiger partial charge in [-0.05, 0) is 64.2 Å². The van der Waals surface area contributed by atoms with Gasteiger partial charge in [0.05, 0.1) is 24.1 Å². The van der Waals surface area contributed by atoms with E-state index >= 15 is 4.39 Å². The van der Waals surface area contributed by atoms with E-state index < -0.39 is 17.5 Å². The molecule has 5 rings (SSSR count). The number of alkyl halides is 1. The van der Waals surface area contributed by atoms with Gasteiger partial charge in [0.2, 0.25) is 5.91 Å². The molecule has 2 saturated heterocycles. The minimum absolute atomic E-state index is 0.0795. The van der Waals surface area contributed by atoms with E-state index in [0.717, 1.165) is 25.7 Å². The highest BCUT2D eigenvalue weighted by atomic mass is 19.1. The minimum atomic E-state index is -1.03. The summed E-state index contributed by atoms with van der Waals surface area (Å²) in [5.41, 5.74) is -0.0606. The van der Waals surface area contributed by atoms with E-state index in [2.05, 4.69) is 32.4 Å². The van der Waals surface area contributed by atoms with Crippen LogP contribution in [-0.4, -0.2) is 57.4 Å². The summed E-state index contributed by atoms with van der Waals surface area (Å²) in [6.45, 7) is 4.14. The predicted octanol–water partition coefficient (Wildman–Crippen LogP) is 3.73. The third kappa shape index (κ3) is 4.37. The Labute approximate surface area is 203 Å². The van der Waals surface area contributed by atoms with Crippen molar-refractivity contribution in [1.82, 2.24) is 20.6 Å². The number of fused-ring (bicyclic) bond motifs is 2. The Morgan fingerprint density at radius 2 is 2.03 bits per heavy atom. The Kier molecular flexibility index (Phi) is 5.78. The van der Waals surface area contributed by atoms with E-state index in [1.54, 1.807) is 6.20 Å². The average Bonchev–Trinajstić information content (AvgIpc) is 3.63. The van der Waals surface area contributed by atoms with Crippen molar-refractivity contribution in [3.63, 3.8) is 0 Å². The molecule has 3 heterocycles. The number of phenols is 1. The second-order valence-corrected chi connectivity index (χ2v) is 10.5. The summed E-state index contributed by atoms with van der Waals surface area (Å²) in [6, 6.07) is 2.36. The number of carbonyl (C=O) groups is 1. The summed E-state index contributed by atoms with van der Waals surface area (Å²) in [5, 5.41) is 16.4. The number of rotatable bonds is 6. The van der Waals surface area contributed by atoms with Gasteiger partial charge >= 0.3 is 0 Å². The molecule has 1 aliphatic carbocycles. The van der Waals surface area contributed by atoms with E-state index in [4.69, 9.17) is 0 Å². The lowest BCUT2D eigenvalue weighted by molar-refractivity contribution is -0.115. The molecule has 35 heavy (non-hydrogen) atoms. The highest BCUT2D eigenvalue weighted by Gasteiger charge is 2.58. The number of hydrogen-bond acceptors (Lipinski definition) is 6. The van der Waals surface area contributed by atoms with Crippen LogP contribution < -0.4 is 15.5 Å². The van der Waals surface area contributed by atoms with Crippen LogP contribution in [0.25, 0.3) is 17.3 Å². The molecule has 1 amide bonds. The predicted molar refractivity (Wildman–Crippen MR) is 130 cm³/mol. The van der Waals surface area contributed by atoms with Crippen molar-refractivity contribution in [1.29, 1.82) is 0 Å². The maximum Gasteiger partial charge on any atom is 0.243 e. The highest BCUT2D eigenvalue weighted by Crippen LogP contribution is 2.48. The van der Waals surface area contributed by atoms with Crippen LogP contribution in [0.3, 0.4) is 0 Å². The Morgan fingerprint density at radius 1 is 1.26 bits per heavy atom. The van der Waals surface area contributed by atoms with Crippen molar-refractivity contribution < 1.29 is 18.7 Å². The molecular weight excluding hydrogens is 452 g/mol. The third-order valence-electron chi connectivity index (χ3n) is 7.64. The molecule has 9 heteroatoms. The largest absolute Gasteiger partial charge is 0.507 e. The summed E-state index contributed by atoms with van der Waals surface area (Å²) in [5.74, 6) is -0.559. The molecule has 3 N–H and O–H groups in total. The molecule has 3 fully saturated rings. The number of benzene rings is 1. The number of carbonyl (C=O) groups excluding carboxylic acids is 1. The number of hydrogen-bond donors (Lipinski definition) is 3. The van der Waals surface area contributed by atoms with Crippen LogP contribution in [0.15, 0.2) is 30.6 Å². The van der Waals surface area contributed by atoms with E-state index in [-0.39, 0.29) is 40.4 Å². The first-order valence-corrected chi connectivity index (χ1v) is 12.1. The van der Waals surface area contributed by atoms with Gasteiger partial charge in [0.25, 0.3) is 0 Å². The molecule has 0 unspecified atom stereocenters. The molecule has 1 aromatic carbocycles. The molecule has 7 nitrogen and oxygen atoms in total. The second-order valence-electron chi connectivity index (χ2n) is 10.5. The van der Waals surface area contributed by atoms with Crippen LogP contribution in [0.2, 0.25) is 0 Å². The fraction of sp³-hybridized carbons (Fsp3) is 0.500. The molecule has 1 saturated carbocycles. The standard InChI is InChI=1S/C26H31F2N5O2/c1-25-8-9-26(2,32-25)24(28)20(12-25)33(16-5-6-16)22-14-30-19(13-31-22)17-11-18(27)15(10-21(17)34)4-7-23(35)29-3/h4,7,10-11,13-14,16,20,24,32,34H,5-6,8-9,12H2,1-3H3,(H,29,35)/b7-4+/t20-,24-,25-,26+/m0/s1. The van der Waals surface area contributed by atoms with Crippen LogP contribution in [0, 0.1) is 5.82 Å². The summed E-state index contributed by atoms with van der Waals surface area (Å²) >= 11 is 0. The number of aromatic hydroxyl groups is 1. The third-order valence-corrected chi connectivity index (χ3v) is 7.64. The zero-order valence-electron chi connectivity index (χ0n) is 20.2. The molecule has 2 bridgehead atoms. The Balaban J connectivity index is 1.42. The van der Waals surface area contributed by atoms with Crippen molar-refractivity contribution in [3.05, 3.63) is 42.0 Å². The molecule has 2 aliphatic heterocycles. The maximum absolute atomic E-state index is 15.8. The average molecular weight is 484 g/mol. The number of nitrogens with one attached hydrogen (secondary N) is 2. The number of phenolic OH excluding ortho intramolecular Hbond substituents is 1. The number of piperidine rings is 1. The van der Waals surface area contributed by atoms with Crippen molar-refractivity contribution in [2.75, 3.05) is 11.9 Å². The molecule has 0 radical (unpaired) electrons. The van der Waals surface area contributed by atoms with Crippen LogP contribution in [0.1, 0.15) is 51.5 Å². The van der Waals surface area contributed by atoms with Gasteiger partial charge in [-0.3, -0.25) is 9.78 Å². The van der Waals surface area contributed by atoms with Crippen molar-refractivity contribution >= 4 is 17.8 Å². The van der Waals surface area contributed by atoms with Crippen LogP contribution in [-0.2, 0) is 4.79 Å². The lowest BCUT2D eigenvalue weighted by atomic mass is 9.82. The number of nitrogens with zero attached hydrogens (tertiary/aromatic N) is 3. The van der Waals surface area contributed by atoms with Crippen molar-refractivity contribution in [2.24, 2.45) is 0 Å². The molecule has 3 aliphatic rings. The van der Waals surface area contributed by atoms with Crippen molar-refractivity contribution in [3.8, 4) is 17.0 Å². The smallest absolute Gasteiger partial charge is 0.243 e. The number of aromatic nitrogens is 2. The quantitative estimate of drug-likeness (QED) is 0.543. The second kappa shape index (κ2) is 8.55. The first-order valence-electron chi connectivity index (χ1n) is 12.1. The summed E-state index contributed by atoms with van der Waals surface area (Å²) in [4.78, 5) is 22.5. The summed E-state index contributed by atoms with van der Waals surface area (Å²) in [6.07, 6.45) is 8.96. The van der Waals surface area contributed by atoms with E-state index in [0.29, 0.717) is 17.9 Å². The lowest BCUT2D eigenvalue weighted by Crippen LogP contribution is -2.66. The van der Waals surface area contributed by atoms with Crippen LogP contribution in [0.5, 0.6) is 5.75 Å².